The van der Waals surface area contributed by atoms with Gasteiger partial charge in [0, 0.05) is 23.2 Å². The van der Waals surface area contributed by atoms with Crippen molar-refractivity contribution in [2.45, 2.75) is 25.9 Å². The van der Waals surface area contributed by atoms with Crippen LogP contribution >= 0.6 is 0 Å². The summed E-state index contributed by atoms with van der Waals surface area (Å²) in [6.07, 6.45) is 3.43. The van der Waals surface area contributed by atoms with Crippen molar-refractivity contribution >= 4 is 23.2 Å². The second-order valence-corrected chi connectivity index (χ2v) is 7.25. The number of carboxylic acid groups (broad SMARTS) is 1. The Morgan fingerprint density at radius 3 is 2.73 bits per heavy atom. The van der Waals surface area contributed by atoms with Gasteiger partial charge in [0.1, 0.15) is 12.3 Å². The van der Waals surface area contributed by atoms with Crippen LogP contribution in [-0.2, 0) is 9.53 Å². The molecule has 0 spiro atoms. The highest BCUT2D eigenvalue weighted by Gasteiger charge is 2.34. The van der Waals surface area contributed by atoms with Gasteiger partial charge in [-0.1, -0.05) is 18.2 Å². The van der Waals surface area contributed by atoms with Gasteiger partial charge in [0.2, 0.25) is 5.88 Å². The van der Waals surface area contributed by atoms with Crippen LogP contribution in [0, 0.1) is 12.8 Å². The highest BCUT2D eigenvalue weighted by Crippen LogP contribution is 2.30. The van der Waals surface area contributed by atoms with Gasteiger partial charge in [-0.05, 0) is 31.4 Å². The van der Waals surface area contributed by atoms with Crippen molar-refractivity contribution in [3.63, 3.8) is 0 Å². The summed E-state index contributed by atoms with van der Waals surface area (Å²) >= 11 is 0. The zero-order valence-corrected chi connectivity index (χ0v) is 16.4. The highest BCUT2D eigenvalue weighted by molar-refractivity contribution is 5.96. The normalized spacial score (nSPS) is 18.0. The molecule has 2 aromatic heterocycles. The van der Waals surface area contributed by atoms with Gasteiger partial charge < -0.3 is 14.6 Å². The fourth-order valence-electron chi connectivity index (χ4n) is 3.40. The van der Waals surface area contributed by atoms with Crippen molar-refractivity contribution in [3.8, 4) is 17.3 Å². The lowest BCUT2D eigenvalue weighted by Crippen LogP contribution is -2.37. The lowest BCUT2D eigenvalue weighted by molar-refractivity contribution is -0.151. The Balaban J connectivity index is 1.37. The van der Waals surface area contributed by atoms with E-state index in [1.807, 2.05) is 25.1 Å². The monoisotopic (exact) mass is 407 g/mol. The number of pyridine rings is 1. The minimum Gasteiger partial charge on any atom is -0.481 e. The Kier molecular flexibility index (Phi) is 5.67. The number of aromatic nitrogens is 3. The van der Waals surface area contributed by atoms with Crippen LogP contribution in [0.5, 0.6) is 5.88 Å². The van der Waals surface area contributed by atoms with Gasteiger partial charge in [-0.2, -0.15) is 0 Å². The fraction of sp³-hybridized carbons (Fsp3) is 0.318. The topological polar surface area (TPSA) is 112 Å². The summed E-state index contributed by atoms with van der Waals surface area (Å²) in [5, 5.41) is 9.58. The average molecular weight is 407 g/mol. The molecule has 8 heteroatoms. The predicted octanol–water partition coefficient (Wildman–Crippen LogP) is 3.07. The number of carboxylic acids is 1. The molecule has 0 amide bonds. The summed E-state index contributed by atoms with van der Waals surface area (Å²) < 4.78 is 11.2. The first-order valence-electron chi connectivity index (χ1n) is 9.71. The summed E-state index contributed by atoms with van der Waals surface area (Å²) in [7, 11) is 0. The number of hydrogen-bond donors (Lipinski definition) is 1. The lowest BCUT2D eigenvalue weighted by Gasteiger charge is -2.31. The Labute approximate surface area is 172 Å². The minimum atomic E-state index is -0.763. The predicted molar refractivity (Wildman–Crippen MR) is 108 cm³/mol. The fourth-order valence-corrected chi connectivity index (χ4v) is 3.40. The van der Waals surface area contributed by atoms with Gasteiger partial charge in [-0.3, -0.25) is 9.59 Å². The number of nitrogens with zero attached hydrogens (tertiary/aromatic N) is 3. The van der Waals surface area contributed by atoms with E-state index in [1.165, 1.54) is 0 Å². The molecule has 1 aliphatic carbocycles. The number of benzene rings is 1. The molecular weight excluding hydrogens is 386 g/mol. The third-order valence-corrected chi connectivity index (χ3v) is 5.19. The number of carbonyl (C=O) groups is 2. The van der Waals surface area contributed by atoms with Crippen molar-refractivity contribution in [3.05, 3.63) is 47.8 Å². The van der Waals surface area contributed by atoms with Crippen LogP contribution < -0.4 is 4.74 Å². The second kappa shape index (κ2) is 8.54. The minimum absolute atomic E-state index is 0.00874. The number of rotatable bonds is 8. The van der Waals surface area contributed by atoms with Gasteiger partial charge >= 0.3 is 5.97 Å². The zero-order valence-electron chi connectivity index (χ0n) is 16.4. The molecule has 0 saturated heterocycles. The maximum atomic E-state index is 11.5. The van der Waals surface area contributed by atoms with Gasteiger partial charge in [0.25, 0.3) is 0 Å². The maximum Gasteiger partial charge on any atom is 0.306 e. The van der Waals surface area contributed by atoms with Crippen LogP contribution in [0.4, 0.5) is 0 Å². The van der Waals surface area contributed by atoms with Crippen LogP contribution in [0.2, 0.25) is 0 Å². The third-order valence-electron chi connectivity index (χ3n) is 5.19. The Bertz CT molecular complexity index is 1080. The second-order valence-electron chi connectivity index (χ2n) is 7.25. The van der Waals surface area contributed by atoms with Crippen molar-refractivity contribution in [2.24, 2.45) is 5.92 Å². The first-order valence-corrected chi connectivity index (χ1v) is 9.71. The summed E-state index contributed by atoms with van der Waals surface area (Å²) in [6, 6.07) is 9.15. The average Bonchev–Trinajstić information content (AvgIpc) is 2.72. The molecular formula is C22H21N3O5. The molecule has 0 aliphatic heterocycles. The molecule has 1 fully saturated rings. The standard InChI is InChI=1S/C22H21N3O5/c1-13-3-2-4-17-18(12-26)24-21(25-20(13)17)14-5-6-19(23-11-14)30-8-7-29-16-9-15(10-16)22(27)28/h2-6,11-12,15-16H,7-10H2,1H3,(H,27,28). The molecule has 1 aromatic carbocycles. The van der Waals surface area contributed by atoms with Crippen LogP contribution in [0.3, 0.4) is 0 Å². The molecule has 8 nitrogen and oxygen atoms in total. The number of hydrogen-bond acceptors (Lipinski definition) is 7. The summed E-state index contributed by atoms with van der Waals surface area (Å²) in [6.45, 7) is 2.63. The maximum absolute atomic E-state index is 11.5. The molecule has 0 bridgehead atoms. The number of fused-ring (bicyclic) bond motifs is 1. The van der Waals surface area contributed by atoms with E-state index in [4.69, 9.17) is 14.6 Å². The first-order chi connectivity index (χ1) is 14.5. The Morgan fingerprint density at radius 2 is 2.03 bits per heavy atom. The molecule has 1 saturated carbocycles. The van der Waals surface area contributed by atoms with Gasteiger partial charge in [0.15, 0.2) is 12.1 Å². The summed E-state index contributed by atoms with van der Waals surface area (Å²) in [5.74, 6) is -0.182. The number of aldehydes is 1. The molecule has 30 heavy (non-hydrogen) atoms. The molecule has 0 radical (unpaired) electrons. The van der Waals surface area contributed by atoms with E-state index >= 15 is 0 Å². The van der Waals surface area contributed by atoms with Crippen LogP contribution in [0.15, 0.2) is 36.5 Å². The van der Waals surface area contributed by atoms with E-state index in [0.29, 0.717) is 49.0 Å². The number of aryl methyl sites for hydroxylation is 1. The molecule has 1 aliphatic rings. The van der Waals surface area contributed by atoms with E-state index in [0.717, 1.165) is 22.8 Å². The molecule has 2 heterocycles. The summed E-state index contributed by atoms with van der Waals surface area (Å²) in [5.41, 5.74) is 2.73. The van der Waals surface area contributed by atoms with E-state index in [9.17, 15) is 9.59 Å². The van der Waals surface area contributed by atoms with E-state index < -0.39 is 5.97 Å². The molecule has 3 aromatic rings. The quantitative estimate of drug-likeness (QED) is 0.448. The largest absolute Gasteiger partial charge is 0.481 e. The molecule has 0 unspecified atom stereocenters. The third kappa shape index (κ3) is 4.13. The molecule has 0 atom stereocenters. The van der Waals surface area contributed by atoms with Crippen molar-refractivity contribution in [2.75, 3.05) is 13.2 Å². The smallest absolute Gasteiger partial charge is 0.306 e. The molecule has 154 valence electrons. The molecule has 4 rings (SSSR count). The number of ether oxygens (including phenoxy) is 2. The molecule has 1 N–H and O–H groups in total. The summed E-state index contributed by atoms with van der Waals surface area (Å²) in [4.78, 5) is 35.5. The number of para-hydroxylation sites is 1. The highest BCUT2D eigenvalue weighted by atomic mass is 16.5. The van der Waals surface area contributed by atoms with Crippen molar-refractivity contribution in [1.29, 1.82) is 0 Å². The van der Waals surface area contributed by atoms with E-state index in [1.54, 1.807) is 18.3 Å². The number of aliphatic carboxylic acids is 1. The van der Waals surface area contributed by atoms with Gasteiger partial charge in [-0.25, -0.2) is 15.0 Å². The number of carbonyl (C=O) groups excluding carboxylic acids is 1. The Hall–Kier alpha value is -3.39. The van der Waals surface area contributed by atoms with Crippen molar-refractivity contribution in [1.82, 2.24) is 15.0 Å². The van der Waals surface area contributed by atoms with Crippen LogP contribution in [0.25, 0.3) is 22.3 Å². The lowest BCUT2D eigenvalue weighted by atomic mass is 9.82. The van der Waals surface area contributed by atoms with Gasteiger partial charge in [-0.15, -0.1) is 0 Å². The van der Waals surface area contributed by atoms with Crippen LogP contribution in [0.1, 0.15) is 28.9 Å². The van der Waals surface area contributed by atoms with Crippen LogP contribution in [-0.4, -0.2) is 51.6 Å². The SMILES string of the molecule is Cc1cccc2c(C=O)nc(-c3ccc(OCCOC4CC(C(=O)O)C4)nc3)nc12. The van der Waals surface area contributed by atoms with Crippen molar-refractivity contribution < 1.29 is 24.2 Å². The zero-order chi connectivity index (χ0) is 21.1. The van der Waals surface area contributed by atoms with Gasteiger partial charge in [0.05, 0.1) is 24.1 Å². The van der Waals surface area contributed by atoms with E-state index in [-0.39, 0.29) is 12.0 Å². The van der Waals surface area contributed by atoms with E-state index in [2.05, 4.69) is 15.0 Å². The first kappa shape index (κ1) is 19.9. The Morgan fingerprint density at radius 1 is 1.20 bits per heavy atom.